The lowest BCUT2D eigenvalue weighted by atomic mass is 10.0. The van der Waals surface area contributed by atoms with Crippen molar-refractivity contribution in [3.8, 4) is 5.75 Å². The van der Waals surface area contributed by atoms with Gasteiger partial charge in [0.25, 0.3) is 0 Å². The first kappa shape index (κ1) is 22.9. The lowest BCUT2D eigenvalue weighted by Crippen LogP contribution is -2.53. The zero-order chi connectivity index (χ0) is 23.7. The van der Waals surface area contributed by atoms with Gasteiger partial charge in [0.1, 0.15) is 11.3 Å². The first-order valence-electron chi connectivity index (χ1n) is 10.8. The summed E-state index contributed by atoms with van der Waals surface area (Å²) >= 11 is 0. The number of aromatic carboxylic acids is 1. The molecule has 4 atom stereocenters. The number of hydrogen-bond acceptors (Lipinski definition) is 12. The maximum absolute atomic E-state index is 11.2. The van der Waals surface area contributed by atoms with Gasteiger partial charge in [-0.1, -0.05) is 0 Å². The number of nitrogens with zero attached hydrogens (tertiary/aromatic N) is 5. The topological polar surface area (TPSA) is 219 Å². The molecule has 13 heteroatoms. The van der Waals surface area contributed by atoms with Gasteiger partial charge < -0.3 is 48.3 Å². The van der Waals surface area contributed by atoms with E-state index in [0.717, 1.165) is 6.42 Å². The predicted molar refractivity (Wildman–Crippen MR) is 124 cm³/mol. The number of carbonyl (C=O) groups is 1. The summed E-state index contributed by atoms with van der Waals surface area (Å²) in [5.74, 6) is -0.536. The fourth-order valence-corrected chi connectivity index (χ4v) is 4.36. The van der Waals surface area contributed by atoms with Gasteiger partial charge in [-0.2, -0.15) is 15.0 Å². The second-order valence-corrected chi connectivity index (χ2v) is 8.62. The van der Waals surface area contributed by atoms with Gasteiger partial charge >= 0.3 is 5.97 Å². The molecular weight excluding hydrogens is 428 g/mol. The molecule has 2 aromatic rings. The van der Waals surface area contributed by atoms with Gasteiger partial charge in [-0.3, -0.25) is 0 Å². The van der Waals surface area contributed by atoms with Gasteiger partial charge in [-0.25, -0.2) is 4.79 Å². The van der Waals surface area contributed by atoms with E-state index in [1.54, 1.807) is 0 Å². The van der Waals surface area contributed by atoms with Crippen molar-refractivity contribution in [2.24, 2.45) is 22.9 Å². The summed E-state index contributed by atoms with van der Waals surface area (Å²) in [6, 6.07) is 3.85. The maximum atomic E-state index is 11.2. The summed E-state index contributed by atoms with van der Waals surface area (Å²) < 4.78 is 0. The van der Waals surface area contributed by atoms with Crippen LogP contribution in [0, 0.1) is 0 Å². The average molecular weight is 459 g/mol. The van der Waals surface area contributed by atoms with Gasteiger partial charge in [0, 0.05) is 62.1 Å². The highest BCUT2D eigenvalue weighted by Crippen LogP contribution is 2.28. The fraction of sp³-hybridized carbons (Fsp3) is 0.500. The predicted octanol–water partition coefficient (Wildman–Crippen LogP) is -1.25. The number of aromatic hydroxyl groups is 1. The molecule has 2 aliphatic heterocycles. The molecule has 0 unspecified atom stereocenters. The van der Waals surface area contributed by atoms with E-state index < -0.39 is 5.97 Å². The van der Waals surface area contributed by atoms with Crippen molar-refractivity contribution in [3.63, 3.8) is 0 Å². The third kappa shape index (κ3) is 5.06. The van der Waals surface area contributed by atoms with E-state index in [9.17, 15) is 9.90 Å². The normalized spacial score (nSPS) is 25.3. The summed E-state index contributed by atoms with van der Waals surface area (Å²) in [5, 5.41) is 22.2. The van der Waals surface area contributed by atoms with Crippen LogP contribution in [0.15, 0.2) is 18.2 Å². The third-order valence-corrected chi connectivity index (χ3v) is 5.87. The first-order valence-corrected chi connectivity index (χ1v) is 10.8. The average Bonchev–Trinajstić information content (AvgIpc) is 3.13. The SMILES string of the molecule is NC[C@@H]1C[C@H](N)CN1c1nc(Nc2ccc(C(=O)O)c(O)c2)nc(N2C[C@H](N)C[C@H](N)C2)n1. The Morgan fingerprint density at radius 3 is 2.33 bits per heavy atom. The van der Waals surface area contributed by atoms with Crippen LogP contribution in [0.2, 0.25) is 0 Å². The van der Waals surface area contributed by atoms with Crippen molar-refractivity contribution in [2.75, 3.05) is 41.3 Å². The zero-order valence-electron chi connectivity index (χ0n) is 18.1. The van der Waals surface area contributed by atoms with Crippen LogP contribution < -0.4 is 38.1 Å². The van der Waals surface area contributed by atoms with Crippen molar-refractivity contribution in [1.29, 1.82) is 0 Å². The van der Waals surface area contributed by atoms with E-state index in [2.05, 4.69) is 20.3 Å². The van der Waals surface area contributed by atoms with Gasteiger partial charge in [0.05, 0.1) is 0 Å². The Morgan fingerprint density at radius 1 is 1.03 bits per heavy atom. The second kappa shape index (κ2) is 9.31. The van der Waals surface area contributed by atoms with E-state index in [1.165, 1.54) is 18.2 Å². The number of piperidine rings is 1. The molecule has 33 heavy (non-hydrogen) atoms. The van der Waals surface area contributed by atoms with Crippen molar-refractivity contribution in [2.45, 2.75) is 37.0 Å². The van der Waals surface area contributed by atoms with Crippen molar-refractivity contribution >= 4 is 29.5 Å². The monoisotopic (exact) mass is 458 g/mol. The number of nitrogens with one attached hydrogen (secondary N) is 1. The minimum Gasteiger partial charge on any atom is -0.507 e. The minimum atomic E-state index is -1.22. The Bertz CT molecular complexity index is 1010. The molecule has 3 heterocycles. The van der Waals surface area contributed by atoms with Gasteiger partial charge in [-0.05, 0) is 25.0 Å². The number of carboxylic acid groups (broad SMARTS) is 1. The Kier molecular flexibility index (Phi) is 6.47. The summed E-state index contributed by atoms with van der Waals surface area (Å²) in [7, 11) is 0. The Balaban J connectivity index is 1.70. The van der Waals surface area contributed by atoms with E-state index in [4.69, 9.17) is 28.0 Å². The summed E-state index contributed by atoms with van der Waals surface area (Å²) in [6.45, 7) is 2.05. The number of benzene rings is 1. The van der Waals surface area contributed by atoms with Crippen LogP contribution in [0.4, 0.5) is 23.5 Å². The number of phenols is 1. The molecule has 2 saturated heterocycles. The molecular formula is C20H30N10O3. The van der Waals surface area contributed by atoms with E-state index in [-0.39, 0.29) is 41.4 Å². The van der Waals surface area contributed by atoms with Crippen LogP contribution >= 0.6 is 0 Å². The fourth-order valence-electron chi connectivity index (χ4n) is 4.36. The quantitative estimate of drug-likeness (QED) is 0.269. The molecule has 0 amide bonds. The molecule has 0 bridgehead atoms. The van der Waals surface area contributed by atoms with Crippen LogP contribution in [0.5, 0.6) is 5.75 Å². The van der Waals surface area contributed by atoms with E-state index in [0.29, 0.717) is 50.2 Å². The van der Waals surface area contributed by atoms with E-state index >= 15 is 0 Å². The van der Waals surface area contributed by atoms with Crippen LogP contribution in [-0.2, 0) is 0 Å². The second-order valence-electron chi connectivity index (χ2n) is 8.62. The molecule has 0 aliphatic carbocycles. The number of hydrogen-bond donors (Lipinski definition) is 7. The molecule has 178 valence electrons. The number of nitrogens with two attached hydrogens (primary N) is 4. The molecule has 0 saturated carbocycles. The van der Waals surface area contributed by atoms with Crippen molar-refractivity contribution < 1.29 is 15.0 Å². The molecule has 13 nitrogen and oxygen atoms in total. The highest BCUT2D eigenvalue weighted by molar-refractivity contribution is 5.91. The molecule has 0 spiro atoms. The lowest BCUT2D eigenvalue weighted by molar-refractivity contribution is 0.0694. The van der Waals surface area contributed by atoms with Gasteiger partial charge in [0.2, 0.25) is 17.8 Å². The van der Waals surface area contributed by atoms with Crippen molar-refractivity contribution in [3.05, 3.63) is 23.8 Å². The van der Waals surface area contributed by atoms with Gasteiger partial charge in [-0.15, -0.1) is 0 Å². The molecule has 2 fully saturated rings. The number of rotatable bonds is 6. The van der Waals surface area contributed by atoms with Crippen LogP contribution in [0.3, 0.4) is 0 Å². The maximum Gasteiger partial charge on any atom is 0.339 e. The molecule has 1 aromatic heterocycles. The van der Waals surface area contributed by atoms with E-state index in [1.807, 2.05) is 9.80 Å². The largest absolute Gasteiger partial charge is 0.507 e. The first-order chi connectivity index (χ1) is 15.7. The van der Waals surface area contributed by atoms with Gasteiger partial charge in [0.15, 0.2) is 0 Å². The standard InChI is InChI=1S/C20H30N10O3/c21-6-14-4-12(24)9-30(14)20-27-18(25-13-1-2-15(17(32)33)16(31)5-13)26-19(28-20)29-7-10(22)3-11(23)8-29/h1-2,5,10-12,14,31H,3-4,6-9,21-24H2,(H,32,33)(H,25,26,27,28)/t10-,11+,12-,14-/m0/s1. The lowest BCUT2D eigenvalue weighted by Gasteiger charge is -2.35. The number of anilines is 4. The van der Waals surface area contributed by atoms with Crippen molar-refractivity contribution in [1.82, 2.24) is 15.0 Å². The highest BCUT2D eigenvalue weighted by Gasteiger charge is 2.33. The molecule has 0 radical (unpaired) electrons. The number of carboxylic acids is 1. The smallest absolute Gasteiger partial charge is 0.339 e. The Morgan fingerprint density at radius 2 is 1.70 bits per heavy atom. The molecule has 4 rings (SSSR count). The Labute approximate surface area is 190 Å². The minimum absolute atomic E-state index is 0.00661. The van der Waals surface area contributed by atoms with Crippen LogP contribution in [-0.4, -0.2) is 81.5 Å². The highest BCUT2D eigenvalue weighted by atomic mass is 16.4. The molecule has 2 aliphatic rings. The summed E-state index contributed by atoms with van der Waals surface area (Å²) in [6.07, 6.45) is 1.44. The molecule has 1 aromatic carbocycles. The van der Waals surface area contributed by atoms with Crippen LogP contribution in [0.25, 0.3) is 0 Å². The summed E-state index contributed by atoms with van der Waals surface area (Å²) in [5.41, 5.74) is 24.7. The zero-order valence-corrected chi connectivity index (χ0v) is 18.1. The summed E-state index contributed by atoms with van der Waals surface area (Å²) in [4.78, 5) is 28.8. The third-order valence-electron chi connectivity index (χ3n) is 5.87. The Hall–Kier alpha value is -3.26. The number of aromatic nitrogens is 3. The molecule has 11 N–H and O–H groups in total. The van der Waals surface area contributed by atoms with Crippen LogP contribution in [0.1, 0.15) is 23.2 Å².